The van der Waals surface area contributed by atoms with E-state index in [4.69, 9.17) is 9.47 Å². The van der Waals surface area contributed by atoms with Gasteiger partial charge in [0.25, 0.3) is 0 Å². The first-order chi connectivity index (χ1) is 12.4. The molecule has 0 aliphatic heterocycles. The SMILES string of the molecule is CCOC(=O)c1c(C)nc(OCC)c(C#N)c1-c1ccc(N(C)C)cc1. The van der Waals surface area contributed by atoms with Crippen LogP contribution in [0.25, 0.3) is 11.1 Å². The number of benzene rings is 1. The topological polar surface area (TPSA) is 75.5 Å². The van der Waals surface area contributed by atoms with Crippen molar-refractivity contribution >= 4 is 11.7 Å². The summed E-state index contributed by atoms with van der Waals surface area (Å²) in [5.41, 5.74) is 3.25. The van der Waals surface area contributed by atoms with Gasteiger partial charge < -0.3 is 14.4 Å². The zero-order chi connectivity index (χ0) is 19.3. The van der Waals surface area contributed by atoms with Crippen LogP contribution in [0, 0.1) is 18.3 Å². The summed E-state index contributed by atoms with van der Waals surface area (Å²) in [6.45, 7) is 5.90. The number of hydrogen-bond donors (Lipinski definition) is 0. The molecule has 0 atom stereocenters. The second-order valence-corrected chi connectivity index (χ2v) is 5.83. The fourth-order valence-electron chi connectivity index (χ4n) is 2.69. The molecule has 0 radical (unpaired) electrons. The van der Waals surface area contributed by atoms with Crippen LogP contribution in [0.3, 0.4) is 0 Å². The van der Waals surface area contributed by atoms with Crippen LogP contribution >= 0.6 is 0 Å². The summed E-state index contributed by atoms with van der Waals surface area (Å²) >= 11 is 0. The second kappa shape index (κ2) is 8.34. The van der Waals surface area contributed by atoms with E-state index >= 15 is 0 Å². The average Bonchev–Trinajstić information content (AvgIpc) is 2.61. The van der Waals surface area contributed by atoms with Gasteiger partial charge in [0.2, 0.25) is 5.88 Å². The van der Waals surface area contributed by atoms with Crippen molar-refractivity contribution in [3.8, 4) is 23.1 Å². The fourth-order valence-corrected chi connectivity index (χ4v) is 2.69. The predicted octanol–water partition coefficient (Wildman–Crippen LogP) is 3.57. The molecule has 26 heavy (non-hydrogen) atoms. The number of pyridine rings is 1. The molecule has 0 spiro atoms. The Hall–Kier alpha value is -3.07. The normalized spacial score (nSPS) is 10.2. The minimum atomic E-state index is -0.497. The maximum absolute atomic E-state index is 12.6. The lowest BCUT2D eigenvalue weighted by atomic mass is 9.94. The molecule has 1 aromatic heterocycles. The third-order valence-corrected chi connectivity index (χ3v) is 3.89. The molecular weight excluding hydrogens is 330 g/mol. The van der Waals surface area contributed by atoms with Crippen LogP contribution in [-0.4, -0.2) is 38.3 Å². The lowest BCUT2D eigenvalue weighted by Crippen LogP contribution is -2.13. The lowest BCUT2D eigenvalue weighted by Gasteiger charge is -2.17. The highest BCUT2D eigenvalue weighted by molar-refractivity contribution is 6.00. The van der Waals surface area contributed by atoms with Gasteiger partial charge in [0.05, 0.1) is 24.5 Å². The third-order valence-electron chi connectivity index (χ3n) is 3.89. The van der Waals surface area contributed by atoms with Crippen LogP contribution in [0.5, 0.6) is 5.88 Å². The van der Waals surface area contributed by atoms with Crippen LogP contribution in [0.15, 0.2) is 24.3 Å². The van der Waals surface area contributed by atoms with E-state index in [2.05, 4.69) is 11.1 Å². The van der Waals surface area contributed by atoms with E-state index in [0.29, 0.717) is 23.4 Å². The van der Waals surface area contributed by atoms with Crippen molar-refractivity contribution in [2.45, 2.75) is 20.8 Å². The van der Waals surface area contributed by atoms with Gasteiger partial charge in [0.1, 0.15) is 11.6 Å². The van der Waals surface area contributed by atoms with Gasteiger partial charge in [-0.15, -0.1) is 0 Å². The van der Waals surface area contributed by atoms with Crippen LogP contribution < -0.4 is 9.64 Å². The van der Waals surface area contributed by atoms with Crippen molar-refractivity contribution in [1.82, 2.24) is 4.98 Å². The van der Waals surface area contributed by atoms with E-state index in [-0.39, 0.29) is 18.1 Å². The molecular formula is C20H23N3O3. The molecule has 0 unspecified atom stereocenters. The molecule has 0 aliphatic carbocycles. The van der Waals surface area contributed by atoms with Crippen LogP contribution in [0.4, 0.5) is 5.69 Å². The smallest absolute Gasteiger partial charge is 0.340 e. The summed E-state index contributed by atoms with van der Waals surface area (Å²) in [6.07, 6.45) is 0. The molecule has 0 saturated carbocycles. The largest absolute Gasteiger partial charge is 0.477 e. The summed E-state index contributed by atoms with van der Waals surface area (Å²) in [5, 5.41) is 9.73. The van der Waals surface area contributed by atoms with Crippen molar-refractivity contribution in [3.05, 3.63) is 41.1 Å². The molecule has 136 valence electrons. The molecule has 1 aromatic carbocycles. The van der Waals surface area contributed by atoms with E-state index in [1.807, 2.05) is 50.2 Å². The third kappa shape index (κ3) is 3.77. The predicted molar refractivity (Wildman–Crippen MR) is 101 cm³/mol. The highest BCUT2D eigenvalue weighted by Gasteiger charge is 2.25. The van der Waals surface area contributed by atoms with Gasteiger partial charge in [-0.25, -0.2) is 9.78 Å². The number of carbonyl (C=O) groups excluding carboxylic acids is 1. The Balaban J connectivity index is 2.77. The van der Waals surface area contributed by atoms with Crippen molar-refractivity contribution in [3.63, 3.8) is 0 Å². The van der Waals surface area contributed by atoms with E-state index in [9.17, 15) is 10.1 Å². The Bertz CT molecular complexity index is 837. The van der Waals surface area contributed by atoms with Crippen LogP contribution in [0.1, 0.15) is 35.5 Å². The molecule has 0 saturated heterocycles. The number of nitriles is 1. The van der Waals surface area contributed by atoms with Crippen LogP contribution in [-0.2, 0) is 4.74 Å². The zero-order valence-electron chi connectivity index (χ0n) is 15.8. The molecule has 6 heteroatoms. The molecule has 0 N–H and O–H groups in total. The van der Waals surface area contributed by atoms with E-state index in [0.717, 1.165) is 11.3 Å². The number of hydrogen-bond acceptors (Lipinski definition) is 6. The van der Waals surface area contributed by atoms with Gasteiger partial charge >= 0.3 is 5.97 Å². The number of anilines is 1. The molecule has 1 heterocycles. The Morgan fingerprint density at radius 1 is 1.19 bits per heavy atom. The number of carbonyl (C=O) groups is 1. The van der Waals surface area contributed by atoms with Crippen molar-refractivity contribution in [1.29, 1.82) is 5.26 Å². The number of aryl methyl sites for hydroxylation is 1. The van der Waals surface area contributed by atoms with Crippen molar-refractivity contribution in [2.24, 2.45) is 0 Å². The zero-order valence-corrected chi connectivity index (χ0v) is 15.8. The lowest BCUT2D eigenvalue weighted by molar-refractivity contribution is 0.0525. The summed E-state index contributed by atoms with van der Waals surface area (Å²) in [7, 11) is 3.90. The quantitative estimate of drug-likeness (QED) is 0.739. The molecule has 6 nitrogen and oxygen atoms in total. The van der Waals surface area contributed by atoms with Gasteiger partial charge in [-0.05, 0) is 38.5 Å². The Labute approximate surface area is 154 Å². The maximum atomic E-state index is 12.6. The summed E-state index contributed by atoms with van der Waals surface area (Å²) in [5.74, 6) is -0.268. The standard InChI is InChI=1S/C20H23N3O3/c1-6-25-19-16(12-21)18(14-8-10-15(11-9-14)23(4)5)17(13(3)22-19)20(24)26-7-2/h8-11H,6-7H2,1-5H3. The molecule has 0 aliphatic rings. The minimum absolute atomic E-state index is 0.229. The average molecular weight is 353 g/mol. The molecule has 2 aromatic rings. The number of ether oxygens (including phenoxy) is 2. The summed E-state index contributed by atoms with van der Waals surface area (Å²) in [6, 6.07) is 9.76. The number of nitrogens with zero attached hydrogens (tertiary/aromatic N) is 3. The first-order valence-electron chi connectivity index (χ1n) is 8.46. The molecule has 0 bridgehead atoms. The van der Waals surface area contributed by atoms with E-state index in [1.54, 1.807) is 13.8 Å². The van der Waals surface area contributed by atoms with Gasteiger partial charge in [-0.3, -0.25) is 0 Å². The first-order valence-corrected chi connectivity index (χ1v) is 8.46. The fraction of sp³-hybridized carbons (Fsp3) is 0.350. The molecule has 0 amide bonds. The summed E-state index contributed by atoms with van der Waals surface area (Å²) in [4.78, 5) is 18.8. The Kier molecular flexibility index (Phi) is 6.18. The first kappa shape index (κ1) is 19.3. The number of rotatable bonds is 6. The summed E-state index contributed by atoms with van der Waals surface area (Å²) < 4.78 is 10.7. The van der Waals surface area contributed by atoms with Gasteiger partial charge in [0, 0.05) is 25.3 Å². The highest BCUT2D eigenvalue weighted by Crippen LogP contribution is 2.35. The Morgan fingerprint density at radius 2 is 1.85 bits per heavy atom. The monoisotopic (exact) mass is 353 g/mol. The second-order valence-electron chi connectivity index (χ2n) is 5.83. The molecule has 2 rings (SSSR count). The number of aromatic nitrogens is 1. The highest BCUT2D eigenvalue weighted by atomic mass is 16.5. The maximum Gasteiger partial charge on any atom is 0.340 e. The van der Waals surface area contributed by atoms with Gasteiger partial charge in [0.15, 0.2) is 0 Å². The van der Waals surface area contributed by atoms with Crippen molar-refractivity contribution < 1.29 is 14.3 Å². The van der Waals surface area contributed by atoms with Crippen molar-refractivity contribution in [2.75, 3.05) is 32.2 Å². The molecule has 0 fully saturated rings. The minimum Gasteiger partial charge on any atom is -0.477 e. The van der Waals surface area contributed by atoms with Crippen LogP contribution in [0.2, 0.25) is 0 Å². The van der Waals surface area contributed by atoms with E-state index < -0.39 is 5.97 Å². The van der Waals surface area contributed by atoms with E-state index in [1.165, 1.54) is 0 Å². The number of esters is 1. The van der Waals surface area contributed by atoms with Gasteiger partial charge in [-0.2, -0.15) is 5.26 Å². The van der Waals surface area contributed by atoms with Gasteiger partial charge in [-0.1, -0.05) is 12.1 Å². The Morgan fingerprint density at radius 3 is 2.35 bits per heavy atom.